The van der Waals surface area contributed by atoms with Gasteiger partial charge in [0.25, 0.3) is 0 Å². The summed E-state index contributed by atoms with van der Waals surface area (Å²) < 4.78 is 10.7. The van der Waals surface area contributed by atoms with E-state index in [0.29, 0.717) is 16.5 Å². The number of ether oxygens (including phenoxy) is 2. The molecule has 0 spiro atoms. The van der Waals surface area contributed by atoms with Gasteiger partial charge in [-0.2, -0.15) is 0 Å². The number of nitrogens with one attached hydrogen (secondary N) is 1. The molecule has 0 bridgehead atoms. The number of halogens is 1. The maximum absolute atomic E-state index is 6.18. The number of benzene rings is 2. The van der Waals surface area contributed by atoms with Crippen molar-refractivity contribution in [3.05, 3.63) is 53.2 Å². The Morgan fingerprint density at radius 1 is 1.00 bits per heavy atom. The molecule has 3 aromatic rings. The first-order chi connectivity index (χ1) is 11.7. The first-order valence-corrected chi connectivity index (χ1v) is 8.10. The van der Waals surface area contributed by atoms with Gasteiger partial charge in [0.1, 0.15) is 11.5 Å². The van der Waals surface area contributed by atoms with Gasteiger partial charge in [-0.1, -0.05) is 24.6 Å². The van der Waals surface area contributed by atoms with Gasteiger partial charge in [0.05, 0.1) is 30.4 Å². The second-order valence-electron chi connectivity index (χ2n) is 5.38. The average Bonchev–Trinajstić information content (AvgIpc) is 2.62. The van der Waals surface area contributed by atoms with E-state index < -0.39 is 0 Å². The molecule has 5 heteroatoms. The average molecular weight is 343 g/mol. The predicted octanol–water partition coefficient (Wildman–Crippen LogP) is 5.21. The highest BCUT2D eigenvalue weighted by Crippen LogP contribution is 2.38. The molecule has 0 saturated heterocycles. The summed E-state index contributed by atoms with van der Waals surface area (Å²) in [6.07, 6.45) is 2.76. The highest BCUT2D eigenvalue weighted by molar-refractivity contribution is 6.32. The van der Waals surface area contributed by atoms with Crippen LogP contribution in [0, 0.1) is 0 Å². The highest BCUT2D eigenvalue weighted by atomic mass is 35.5. The van der Waals surface area contributed by atoms with Crippen molar-refractivity contribution in [3.8, 4) is 11.5 Å². The van der Waals surface area contributed by atoms with Crippen LogP contribution in [0.25, 0.3) is 10.9 Å². The van der Waals surface area contributed by atoms with Crippen LogP contribution in [0.15, 0.2) is 42.6 Å². The molecule has 0 aliphatic carbocycles. The topological polar surface area (TPSA) is 43.4 Å². The first kappa shape index (κ1) is 16.4. The molecule has 0 aliphatic heterocycles. The molecule has 1 aromatic heterocycles. The summed E-state index contributed by atoms with van der Waals surface area (Å²) in [5, 5.41) is 4.99. The van der Waals surface area contributed by atoms with E-state index in [-0.39, 0.29) is 0 Å². The number of hydrogen-bond donors (Lipinski definition) is 1. The normalized spacial score (nSPS) is 10.7. The maximum Gasteiger partial charge on any atom is 0.144 e. The van der Waals surface area contributed by atoms with Crippen molar-refractivity contribution in [2.45, 2.75) is 13.3 Å². The molecule has 0 amide bonds. The van der Waals surface area contributed by atoms with Gasteiger partial charge in [-0.05, 0) is 30.2 Å². The third-order valence-corrected chi connectivity index (χ3v) is 4.25. The van der Waals surface area contributed by atoms with E-state index in [4.69, 9.17) is 21.1 Å². The molecule has 0 aliphatic rings. The maximum atomic E-state index is 6.18. The standard InChI is InChI=1S/C19H19ClN2O2/c1-4-12-5-6-15-13(9-12)16(7-8-21-15)22-17-11-18(23-2)14(20)10-19(17)24-3/h5-11H,4H2,1-3H3,(H,21,22). The van der Waals surface area contributed by atoms with Crippen molar-refractivity contribution < 1.29 is 9.47 Å². The van der Waals surface area contributed by atoms with E-state index in [2.05, 4.69) is 29.4 Å². The molecule has 24 heavy (non-hydrogen) atoms. The summed E-state index contributed by atoms with van der Waals surface area (Å²) >= 11 is 6.18. The quantitative estimate of drug-likeness (QED) is 0.691. The largest absolute Gasteiger partial charge is 0.495 e. The summed E-state index contributed by atoms with van der Waals surface area (Å²) in [6.45, 7) is 2.14. The van der Waals surface area contributed by atoms with Crippen LogP contribution >= 0.6 is 11.6 Å². The molecule has 0 radical (unpaired) electrons. The number of aryl methyl sites for hydroxylation is 1. The number of fused-ring (bicyclic) bond motifs is 1. The van der Waals surface area contributed by atoms with Crippen LogP contribution in [0.3, 0.4) is 0 Å². The van der Waals surface area contributed by atoms with Crippen LogP contribution in [0.1, 0.15) is 12.5 Å². The smallest absolute Gasteiger partial charge is 0.144 e. The predicted molar refractivity (Wildman–Crippen MR) is 99.0 cm³/mol. The summed E-state index contributed by atoms with van der Waals surface area (Å²) in [5.74, 6) is 1.24. The number of methoxy groups -OCH3 is 2. The van der Waals surface area contributed by atoms with Gasteiger partial charge in [0.2, 0.25) is 0 Å². The Morgan fingerprint density at radius 3 is 2.50 bits per heavy atom. The van der Waals surface area contributed by atoms with Crippen LogP contribution in [0.2, 0.25) is 5.02 Å². The number of nitrogens with zero attached hydrogens (tertiary/aromatic N) is 1. The highest BCUT2D eigenvalue weighted by Gasteiger charge is 2.12. The van der Waals surface area contributed by atoms with Crippen molar-refractivity contribution in [1.29, 1.82) is 0 Å². The molecule has 3 rings (SSSR count). The number of anilines is 2. The summed E-state index contributed by atoms with van der Waals surface area (Å²) in [7, 11) is 3.20. The zero-order valence-corrected chi connectivity index (χ0v) is 14.6. The molecule has 2 aromatic carbocycles. The van der Waals surface area contributed by atoms with Gasteiger partial charge in [-0.15, -0.1) is 0 Å². The molecule has 0 saturated carbocycles. The third kappa shape index (κ3) is 3.10. The first-order valence-electron chi connectivity index (χ1n) is 7.72. The fourth-order valence-electron chi connectivity index (χ4n) is 2.63. The Morgan fingerprint density at radius 2 is 1.79 bits per heavy atom. The van der Waals surface area contributed by atoms with Crippen molar-refractivity contribution in [2.75, 3.05) is 19.5 Å². The lowest BCUT2D eigenvalue weighted by Gasteiger charge is -2.15. The van der Waals surface area contributed by atoms with E-state index in [0.717, 1.165) is 28.7 Å². The van der Waals surface area contributed by atoms with E-state index >= 15 is 0 Å². The molecule has 0 unspecified atom stereocenters. The van der Waals surface area contributed by atoms with Gasteiger partial charge in [-0.25, -0.2) is 0 Å². The summed E-state index contributed by atoms with van der Waals surface area (Å²) in [4.78, 5) is 4.43. The molecule has 1 heterocycles. The van der Waals surface area contributed by atoms with Crippen molar-refractivity contribution in [2.24, 2.45) is 0 Å². The number of rotatable bonds is 5. The second kappa shape index (κ2) is 6.97. The Labute approximate surface area is 146 Å². The minimum absolute atomic E-state index is 0.507. The van der Waals surface area contributed by atoms with Gasteiger partial charge < -0.3 is 14.8 Å². The fraction of sp³-hybridized carbons (Fsp3) is 0.211. The van der Waals surface area contributed by atoms with Crippen LogP contribution in [-0.4, -0.2) is 19.2 Å². The fourth-order valence-corrected chi connectivity index (χ4v) is 2.86. The Balaban J connectivity index is 2.09. The van der Waals surface area contributed by atoms with Crippen LogP contribution in [0.5, 0.6) is 11.5 Å². The lowest BCUT2D eigenvalue weighted by atomic mass is 10.1. The van der Waals surface area contributed by atoms with Crippen LogP contribution in [0.4, 0.5) is 11.4 Å². The van der Waals surface area contributed by atoms with E-state index in [1.165, 1.54) is 5.56 Å². The minimum Gasteiger partial charge on any atom is -0.495 e. The van der Waals surface area contributed by atoms with Gasteiger partial charge in [0.15, 0.2) is 0 Å². The van der Waals surface area contributed by atoms with Crippen molar-refractivity contribution in [1.82, 2.24) is 4.98 Å². The molecular formula is C19H19ClN2O2. The lowest BCUT2D eigenvalue weighted by molar-refractivity contribution is 0.405. The zero-order valence-electron chi connectivity index (χ0n) is 13.9. The third-order valence-electron chi connectivity index (χ3n) is 3.96. The number of hydrogen-bond acceptors (Lipinski definition) is 4. The molecule has 0 fully saturated rings. The van der Waals surface area contributed by atoms with E-state index in [9.17, 15) is 0 Å². The zero-order chi connectivity index (χ0) is 17.1. The second-order valence-corrected chi connectivity index (χ2v) is 5.78. The minimum atomic E-state index is 0.507. The Hall–Kier alpha value is -2.46. The van der Waals surface area contributed by atoms with Crippen LogP contribution < -0.4 is 14.8 Å². The van der Waals surface area contributed by atoms with E-state index in [1.54, 1.807) is 26.5 Å². The monoisotopic (exact) mass is 342 g/mol. The van der Waals surface area contributed by atoms with Crippen LogP contribution in [-0.2, 0) is 6.42 Å². The summed E-state index contributed by atoms with van der Waals surface area (Å²) in [5.41, 5.74) is 3.95. The molecule has 1 N–H and O–H groups in total. The SMILES string of the molecule is CCc1ccc2nccc(Nc3cc(OC)c(Cl)cc3OC)c2c1. The van der Waals surface area contributed by atoms with Crippen molar-refractivity contribution >= 4 is 33.9 Å². The Kier molecular flexibility index (Phi) is 4.76. The lowest BCUT2D eigenvalue weighted by Crippen LogP contribution is -1.98. The van der Waals surface area contributed by atoms with E-state index in [1.807, 2.05) is 18.2 Å². The van der Waals surface area contributed by atoms with Gasteiger partial charge >= 0.3 is 0 Å². The van der Waals surface area contributed by atoms with Crippen molar-refractivity contribution in [3.63, 3.8) is 0 Å². The molecule has 124 valence electrons. The summed E-state index contributed by atoms with van der Waals surface area (Å²) in [6, 6.07) is 11.8. The molecule has 4 nitrogen and oxygen atoms in total. The molecular weight excluding hydrogens is 324 g/mol. The van der Waals surface area contributed by atoms with Gasteiger partial charge in [0, 0.05) is 29.4 Å². The van der Waals surface area contributed by atoms with Gasteiger partial charge in [-0.3, -0.25) is 4.98 Å². The number of aromatic nitrogens is 1. The number of pyridine rings is 1. The molecule has 0 atom stereocenters. The Bertz CT molecular complexity index is 881.